The highest BCUT2D eigenvalue weighted by Gasteiger charge is 2.32. The van der Waals surface area contributed by atoms with Gasteiger partial charge in [0.1, 0.15) is 16.0 Å². The largest absolute Gasteiger partial charge is 0.364 e. The first-order valence-electron chi connectivity index (χ1n) is 6.48. The lowest BCUT2D eigenvalue weighted by Gasteiger charge is -2.28. The highest BCUT2D eigenvalue weighted by atomic mass is 35.5. The Morgan fingerprint density at radius 2 is 1.71 bits per heavy atom. The Morgan fingerprint density at radius 3 is 2.29 bits per heavy atom. The van der Waals surface area contributed by atoms with Crippen LogP contribution in [0.4, 0.5) is 5.69 Å². The molecule has 4 N–H and O–H groups in total. The van der Waals surface area contributed by atoms with E-state index in [1.807, 2.05) is 0 Å². The SMILES string of the molecule is NS(=O)(=O)c1cc2c(cc1Cl)NC(c1ccc(Cl)cc1)NS2(=O)=O. The van der Waals surface area contributed by atoms with Crippen LogP contribution in [0.2, 0.25) is 10.0 Å². The summed E-state index contributed by atoms with van der Waals surface area (Å²) in [7, 11) is -8.13. The minimum absolute atomic E-state index is 0.171. The molecule has 1 heterocycles. The molecule has 0 bridgehead atoms. The van der Waals surface area contributed by atoms with E-state index in [2.05, 4.69) is 10.0 Å². The van der Waals surface area contributed by atoms with Crippen LogP contribution in [0, 0.1) is 0 Å². The van der Waals surface area contributed by atoms with E-state index in [0.29, 0.717) is 10.6 Å². The molecule has 0 aromatic heterocycles. The van der Waals surface area contributed by atoms with Crippen molar-refractivity contribution < 1.29 is 16.8 Å². The molecule has 1 aliphatic heterocycles. The van der Waals surface area contributed by atoms with Gasteiger partial charge in [0, 0.05) is 5.02 Å². The third-order valence-corrected chi connectivity index (χ3v) is 6.50. The maximum Gasteiger partial charge on any atom is 0.244 e. The second-order valence-corrected chi connectivity index (χ2v) is 9.13. The molecule has 11 heteroatoms. The molecule has 7 nitrogen and oxygen atoms in total. The summed E-state index contributed by atoms with van der Waals surface area (Å²) in [6.07, 6.45) is -0.754. The molecule has 0 fully saturated rings. The van der Waals surface area contributed by atoms with E-state index in [-0.39, 0.29) is 15.6 Å². The molecule has 128 valence electrons. The van der Waals surface area contributed by atoms with E-state index in [9.17, 15) is 16.8 Å². The van der Waals surface area contributed by atoms with E-state index < -0.39 is 31.1 Å². The molecule has 1 atom stereocenters. The highest BCUT2D eigenvalue weighted by Crippen LogP contribution is 2.36. The first kappa shape index (κ1) is 17.5. The summed E-state index contributed by atoms with van der Waals surface area (Å²) >= 11 is 11.7. The average molecular weight is 408 g/mol. The van der Waals surface area contributed by atoms with Crippen molar-refractivity contribution in [2.24, 2.45) is 5.14 Å². The molecule has 0 amide bonds. The fraction of sp³-hybridized carbons (Fsp3) is 0.0769. The standard InChI is InChI=1S/C13H11Cl2N3O4S2/c14-8-3-1-7(2-4-8)13-17-10-5-9(15)11(23(16,19)20)6-12(10)24(21,22)18-13/h1-6,13,17-18H,(H2,16,19,20). The summed E-state index contributed by atoms with van der Waals surface area (Å²) in [6.45, 7) is 0. The summed E-state index contributed by atoms with van der Waals surface area (Å²) in [5.41, 5.74) is 0.798. The molecule has 2 aromatic rings. The zero-order chi connectivity index (χ0) is 17.7. The summed E-state index contributed by atoms with van der Waals surface area (Å²) in [6, 6.07) is 8.72. The zero-order valence-corrected chi connectivity index (χ0v) is 15.0. The van der Waals surface area contributed by atoms with Crippen LogP contribution in [0.5, 0.6) is 0 Å². The number of benzene rings is 2. The van der Waals surface area contributed by atoms with Crippen LogP contribution in [-0.2, 0) is 20.0 Å². The van der Waals surface area contributed by atoms with Crippen LogP contribution in [0.25, 0.3) is 0 Å². The van der Waals surface area contributed by atoms with Crippen LogP contribution in [-0.4, -0.2) is 16.8 Å². The number of rotatable bonds is 2. The third-order valence-electron chi connectivity index (χ3n) is 3.41. The van der Waals surface area contributed by atoms with Crippen molar-refractivity contribution in [2.45, 2.75) is 16.0 Å². The Hall–Kier alpha value is -1.36. The summed E-state index contributed by atoms with van der Waals surface area (Å²) in [5.74, 6) is 0. The van der Waals surface area contributed by atoms with Crippen LogP contribution < -0.4 is 15.2 Å². The summed E-state index contributed by atoms with van der Waals surface area (Å²) in [5, 5.41) is 8.35. The van der Waals surface area contributed by atoms with Crippen molar-refractivity contribution in [1.29, 1.82) is 0 Å². The monoisotopic (exact) mass is 407 g/mol. The van der Waals surface area contributed by atoms with Gasteiger partial charge in [-0.3, -0.25) is 0 Å². The average Bonchev–Trinajstić information content (AvgIpc) is 2.45. The molecule has 0 radical (unpaired) electrons. The van der Waals surface area contributed by atoms with Crippen molar-refractivity contribution >= 4 is 48.9 Å². The molecule has 0 aliphatic carbocycles. The van der Waals surface area contributed by atoms with Gasteiger partial charge in [0.25, 0.3) is 0 Å². The fourth-order valence-electron chi connectivity index (χ4n) is 2.30. The Balaban J connectivity index is 2.12. The molecule has 1 unspecified atom stereocenters. The molecule has 0 saturated carbocycles. The molecular formula is C13H11Cl2N3O4S2. The summed E-state index contributed by atoms with van der Waals surface area (Å²) < 4.78 is 50.4. The van der Waals surface area contributed by atoms with Gasteiger partial charge < -0.3 is 5.32 Å². The van der Waals surface area contributed by atoms with Gasteiger partial charge >= 0.3 is 0 Å². The van der Waals surface area contributed by atoms with Crippen molar-refractivity contribution in [3.63, 3.8) is 0 Å². The van der Waals surface area contributed by atoms with E-state index in [0.717, 1.165) is 6.07 Å². The molecule has 0 saturated heterocycles. The van der Waals surface area contributed by atoms with Crippen molar-refractivity contribution in [1.82, 2.24) is 4.72 Å². The number of primary sulfonamides is 1. The topological polar surface area (TPSA) is 118 Å². The van der Waals surface area contributed by atoms with E-state index in [1.165, 1.54) is 6.07 Å². The van der Waals surface area contributed by atoms with Gasteiger partial charge in [-0.1, -0.05) is 35.3 Å². The van der Waals surface area contributed by atoms with Crippen molar-refractivity contribution in [3.8, 4) is 0 Å². The van der Waals surface area contributed by atoms with Crippen molar-refractivity contribution in [2.75, 3.05) is 5.32 Å². The third kappa shape index (κ3) is 3.23. The lowest BCUT2D eigenvalue weighted by atomic mass is 10.1. The first-order chi connectivity index (χ1) is 11.1. The minimum Gasteiger partial charge on any atom is -0.364 e. The smallest absolute Gasteiger partial charge is 0.244 e. The van der Waals surface area contributed by atoms with Gasteiger partial charge in [0.05, 0.1) is 10.7 Å². The van der Waals surface area contributed by atoms with Gasteiger partial charge in [-0.15, -0.1) is 0 Å². The fourth-order valence-corrected chi connectivity index (χ4v) is 4.91. The number of nitrogens with two attached hydrogens (primary N) is 1. The lowest BCUT2D eigenvalue weighted by molar-refractivity contribution is 0.562. The van der Waals surface area contributed by atoms with Gasteiger partial charge in [0.15, 0.2) is 0 Å². The van der Waals surface area contributed by atoms with Gasteiger partial charge in [-0.05, 0) is 29.8 Å². The maximum atomic E-state index is 12.5. The predicted molar refractivity (Wildman–Crippen MR) is 91.0 cm³/mol. The Labute approximate surface area is 148 Å². The normalized spacial score (nSPS) is 19.4. The quantitative estimate of drug-likeness (QED) is 0.703. The second-order valence-electron chi connectivity index (χ2n) is 5.07. The molecule has 2 aromatic carbocycles. The first-order valence-corrected chi connectivity index (χ1v) is 10.3. The lowest BCUT2D eigenvalue weighted by Crippen LogP contribution is -2.38. The zero-order valence-electron chi connectivity index (χ0n) is 11.8. The van der Waals surface area contributed by atoms with Crippen molar-refractivity contribution in [3.05, 3.63) is 52.0 Å². The van der Waals surface area contributed by atoms with Gasteiger partial charge in [-0.25, -0.2) is 22.0 Å². The van der Waals surface area contributed by atoms with Crippen LogP contribution in [0.15, 0.2) is 46.2 Å². The number of sulfonamides is 2. The van der Waals surface area contributed by atoms with Crippen LogP contribution in [0.1, 0.15) is 11.7 Å². The minimum atomic E-state index is -4.15. The number of hydrogen-bond acceptors (Lipinski definition) is 5. The molecule has 0 spiro atoms. The Kier molecular flexibility index (Phi) is 4.27. The molecular weight excluding hydrogens is 397 g/mol. The Morgan fingerprint density at radius 1 is 1.08 bits per heavy atom. The Bertz CT molecular complexity index is 1020. The number of halogens is 2. The maximum absolute atomic E-state index is 12.5. The number of nitrogens with one attached hydrogen (secondary N) is 2. The number of fused-ring (bicyclic) bond motifs is 1. The molecule has 3 rings (SSSR count). The summed E-state index contributed by atoms with van der Waals surface area (Å²) in [4.78, 5) is -0.707. The highest BCUT2D eigenvalue weighted by molar-refractivity contribution is 7.90. The van der Waals surface area contributed by atoms with Gasteiger partial charge in [0.2, 0.25) is 20.0 Å². The molecule has 1 aliphatic rings. The molecule has 24 heavy (non-hydrogen) atoms. The number of anilines is 1. The predicted octanol–water partition coefficient (Wildman–Crippen LogP) is 2.04. The van der Waals surface area contributed by atoms with E-state index >= 15 is 0 Å². The van der Waals surface area contributed by atoms with E-state index in [1.54, 1.807) is 24.3 Å². The second kappa shape index (κ2) is 5.87. The van der Waals surface area contributed by atoms with Gasteiger partial charge in [-0.2, -0.15) is 4.72 Å². The van der Waals surface area contributed by atoms with Crippen LogP contribution >= 0.6 is 23.2 Å². The van der Waals surface area contributed by atoms with Crippen LogP contribution in [0.3, 0.4) is 0 Å². The number of hydrogen-bond donors (Lipinski definition) is 3. The van der Waals surface area contributed by atoms with E-state index in [4.69, 9.17) is 28.3 Å².